The Morgan fingerprint density at radius 1 is 0.825 bits per heavy atom. The molecule has 8 nitrogen and oxygen atoms in total. The summed E-state index contributed by atoms with van der Waals surface area (Å²) in [5.74, 6) is -0.266. The van der Waals surface area contributed by atoms with Crippen LogP contribution in [0.3, 0.4) is 0 Å². The molecule has 0 aliphatic carbocycles. The fraction of sp³-hybridized carbons (Fsp3) is 0.267. The van der Waals surface area contributed by atoms with Crippen LogP contribution in [0.25, 0.3) is 21.9 Å². The van der Waals surface area contributed by atoms with Crippen molar-refractivity contribution in [1.82, 2.24) is 14.2 Å². The van der Waals surface area contributed by atoms with E-state index in [1.165, 1.54) is 4.31 Å². The lowest BCUT2D eigenvalue weighted by Gasteiger charge is -2.46. The molecule has 4 aromatic rings. The number of aliphatic hydroxyl groups excluding tert-OH is 2. The van der Waals surface area contributed by atoms with E-state index in [4.69, 9.17) is 11.6 Å². The van der Waals surface area contributed by atoms with Crippen molar-refractivity contribution in [3.63, 3.8) is 0 Å². The van der Waals surface area contributed by atoms with Crippen LogP contribution >= 0.6 is 11.6 Å². The van der Waals surface area contributed by atoms with Crippen LogP contribution in [0.1, 0.15) is 23.2 Å². The molecule has 2 heterocycles. The van der Waals surface area contributed by atoms with Gasteiger partial charge in [0.25, 0.3) is 5.91 Å². The Morgan fingerprint density at radius 2 is 1.40 bits per heavy atom. The minimum atomic E-state index is -3.92. The van der Waals surface area contributed by atoms with Gasteiger partial charge in [-0.1, -0.05) is 35.9 Å². The first kappa shape index (κ1) is 28.2. The molecule has 1 amide bonds. The second-order valence-corrected chi connectivity index (χ2v) is 12.2. The molecule has 0 spiro atoms. The smallest absolute Gasteiger partial charge is 0.254 e. The lowest BCUT2D eigenvalue weighted by molar-refractivity contribution is 0.0252. The van der Waals surface area contributed by atoms with Gasteiger partial charge in [0.15, 0.2) is 0 Å². The monoisotopic (exact) mass is 579 g/mol. The maximum Gasteiger partial charge on any atom is 0.254 e. The summed E-state index contributed by atoms with van der Waals surface area (Å²) in [6.45, 7) is -0.369. The van der Waals surface area contributed by atoms with Crippen LogP contribution in [0.5, 0.6) is 0 Å². The predicted molar refractivity (Wildman–Crippen MR) is 155 cm³/mol. The molecule has 1 aliphatic rings. The van der Waals surface area contributed by atoms with Crippen molar-refractivity contribution in [2.24, 2.45) is 0 Å². The lowest BCUT2D eigenvalue weighted by atomic mass is 9.99. The van der Waals surface area contributed by atoms with Crippen LogP contribution in [0, 0.1) is 0 Å². The van der Waals surface area contributed by atoms with Gasteiger partial charge in [0.1, 0.15) is 0 Å². The Morgan fingerprint density at radius 3 is 2.02 bits per heavy atom. The molecule has 1 aliphatic heterocycles. The minimum absolute atomic E-state index is 0.0321. The topological polar surface area (TPSA) is 111 Å². The third-order valence-corrected chi connectivity index (χ3v) is 9.39. The van der Waals surface area contributed by atoms with Gasteiger partial charge in [0.2, 0.25) is 10.0 Å². The van der Waals surface area contributed by atoms with Crippen LogP contribution in [0.2, 0.25) is 5.02 Å². The zero-order valence-electron chi connectivity index (χ0n) is 21.7. The molecule has 1 saturated heterocycles. The number of benzene rings is 3. The maximum atomic E-state index is 13.8. The number of pyridine rings is 1. The third-order valence-electron chi connectivity index (χ3n) is 7.33. The largest absolute Gasteiger partial charge is 0.396 e. The van der Waals surface area contributed by atoms with Crippen molar-refractivity contribution >= 4 is 38.3 Å². The Balaban J connectivity index is 1.43. The van der Waals surface area contributed by atoms with E-state index in [-0.39, 0.29) is 49.9 Å². The minimum Gasteiger partial charge on any atom is -0.396 e. The number of sulfonamides is 1. The highest BCUT2D eigenvalue weighted by molar-refractivity contribution is 7.89. The van der Waals surface area contributed by atoms with Crippen molar-refractivity contribution in [1.29, 1.82) is 0 Å². The molecule has 10 heteroatoms. The SMILES string of the molecule is O=C(c1ccc(-c2ccncc2)cc1)N1C(CCO)CN(S(=O)(=O)c2ccc3cc(Cl)ccc3c2)CC1CCO. The van der Waals surface area contributed by atoms with E-state index in [9.17, 15) is 23.4 Å². The molecule has 2 unspecified atom stereocenters. The molecule has 0 radical (unpaired) electrons. The summed E-state index contributed by atoms with van der Waals surface area (Å²) in [6, 6.07) is 20.0. The molecule has 40 heavy (non-hydrogen) atoms. The number of aromatic nitrogens is 1. The van der Waals surface area contributed by atoms with Gasteiger partial charge in [-0.05, 0) is 83.3 Å². The molecule has 5 rings (SSSR count). The van der Waals surface area contributed by atoms with Gasteiger partial charge in [-0.3, -0.25) is 9.78 Å². The molecule has 1 aromatic heterocycles. The van der Waals surface area contributed by atoms with Gasteiger partial charge < -0.3 is 15.1 Å². The number of nitrogens with zero attached hydrogens (tertiary/aromatic N) is 3. The quantitative estimate of drug-likeness (QED) is 0.324. The first-order chi connectivity index (χ1) is 19.3. The zero-order chi connectivity index (χ0) is 28.3. The Hall–Kier alpha value is -3.34. The molecule has 3 aromatic carbocycles. The van der Waals surface area contributed by atoms with Gasteiger partial charge in [0, 0.05) is 61.4 Å². The third kappa shape index (κ3) is 5.75. The van der Waals surface area contributed by atoms with Crippen molar-refractivity contribution in [2.75, 3.05) is 26.3 Å². The highest BCUT2D eigenvalue weighted by Crippen LogP contribution is 2.30. The number of aliphatic hydroxyl groups is 2. The number of carbonyl (C=O) groups is 1. The highest BCUT2D eigenvalue weighted by atomic mass is 35.5. The zero-order valence-corrected chi connectivity index (χ0v) is 23.3. The van der Waals surface area contributed by atoms with Crippen LogP contribution in [-0.4, -0.2) is 77.1 Å². The van der Waals surface area contributed by atoms with Crippen molar-refractivity contribution in [2.45, 2.75) is 29.8 Å². The number of carbonyl (C=O) groups excluding carboxylic acids is 1. The molecule has 0 bridgehead atoms. The van der Waals surface area contributed by atoms with Crippen LogP contribution < -0.4 is 0 Å². The first-order valence-corrected chi connectivity index (χ1v) is 14.9. The summed E-state index contributed by atoms with van der Waals surface area (Å²) in [5, 5.41) is 21.8. The van der Waals surface area contributed by atoms with Crippen molar-refractivity contribution in [3.05, 3.63) is 95.8 Å². The molecule has 208 valence electrons. The van der Waals surface area contributed by atoms with E-state index in [0.717, 1.165) is 21.9 Å². The molecule has 1 fully saturated rings. The second kappa shape index (κ2) is 12.0. The van der Waals surface area contributed by atoms with Gasteiger partial charge >= 0.3 is 0 Å². The van der Waals surface area contributed by atoms with Crippen LogP contribution in [-0.2, 0) is 10.0 Å². The van der Waals surface area contributed by atoms with Crippen LogP contribution in [0.4, 0.5) is 0 Å². The van der Waals surface area contributed by atoms with Gasteiger partial charge in [-0.15, -0.1) is 0 Å². The van der Waals surface area contributed by atoms with E-state index in [1.54, 1.807) is 65.8 Å². The molecular formula is C30H30ClN3O5S. The Kier molecular flexibility index (Phi) is 8.48. The van der Waals surface area contributed by atoms with Crippen LogP contribution in [0.15, 0.2) is 90.1 Å². The number of piperazine rings is 1. The molecular weight excluding hydrogens is 550 g/mol. The number of hydrogen-bond acceptors (Lipinski definition) is 6. The fourth-order valence-corrected chi connectivity index (χ4v) is 7.04. The molecule has 0 saturated carbocycles. The summed E-state index contributed by atoms with van der Waals surface area (Å²) in [6.07, 6.45) is 3.80. The van der Waals surface area contributed by atoms with E-state index in [0.29, 0.717) is 10.6 Å². The number of fused-ring (bicyclic) bond motifs is 1. The Bertz CT molecular complexity index is 1580. The van der Waals surface area contributed by atoms with E-state index in [1.807, 2.05) is 24.3 Å². The highest BCUT2D eigenvalue weighted by Gasteiger charge is 2.41. The van der Waals surface area contributed by atoms with Gasteiger partial charge in [-0.2, -0.15) is 4.31 Å². The summed E-state index contributed by atoms with van der Waals surface area (Å²) in [4.78, 5) is 19.6. The summed E-state index contributed by atoms with van der Waals surface area (Å²) >= 11 is 6.08. The van der Waals surface area contributed by atoms with Gasteiger partial charge in [0.05, 0.1) is 4.90 Å². The van der Waals surface area contributed by atoms with Crippen molar-refractivity contribution < 1.29 is 23.4 Å². The summed E-state index contributed by atoms with van der Waals surface area (Å²) < 4.78 is 28.9. The molecule has 2 atom stereocenters. The average Bonchev–Trinajstić information content (AvgIpc) is 2.97. The number of rotatable bonds is 8. The fourth-order valence-electron chi connectivity index (χ4n) is 5.31. The standard InChI is InChI=1S/C30H30ClN3O5S/c31-26-7-5-25-18-29(8-6-24(25)17-26)40(38,39)33-19-27(11-15-35)34(28(20-33)12-16-36)30(37)23-3-1-21(2-4-23)22-9-13-32-14-10-22/h1-10,13-14,17-18,27-28,35-36H,11-12,15-16,19-20H2. The van der Waals surface area contributed by atoms with Gasteiger partial charge in [-0.25, -0.2) is 8.42 Å². The van der Waals surface area contributed by atoms with E-state index in [2.05, 4.69) is 4.98 Å². The van der Waals surface area contributed by atoms with Crippen molar-refractivity contribution in [3.8, 4) is 11.1 Å². The Labute approximate surface area is 238 Å². The normalized spacial score (nSPS) is 18.2. The number of amides is 1. The summed E-state index contributed by atoms with van der Waals surface area (Å²) in [5.41, 5.74) is 2.36. The lowest BCUT2D eigenvalue weighted by Crippen LogP contribution is -2.62. The predicted octanol–water partition coefficient (Wildman–Crippen LogP) is 4.20. The average molecular weight is 580 g/mol. The van der Waals surface area contributed by atoms with E-state index >= 15 is 0 Å². The second-order valence-electron chi connectivity index (χ2n) is 9.83. The van der Waals surface area contributed by atoms with E-state index < -0.39 is 22.1 Å². The number of hydrogen-bond donors (Lipinski definition) is 2. The summed E-state index contributed by atoms with van der Waals surface area (Å²) in [7, 11) is -3.92. The molecule has 2 N–H and O–H groups in total. The first-order valence-electron chi connectivity index (χ1n) is 13.1. The number of halogens is 1. The maximum absolute atomic E-state index is 13.8.